The SMILES string of the molecule is COc1ccc(C(CC(=O)O)N2CCC(CCCc3ccc4c(n3)NCCC4)C2)cn1. The summed E-state index contributed by atoms with van der Waals surface area (Å²) in [7, 11) is 1.58. The summed E-state index contributed by atoms with van der Waals surface area (Å²) in [6.07, 6.45) is 8.49. The van der Waals surface area contributed by atoms with Crippen molar-refractivity contribution < 1.29 is 14.6 Å². The van der Waals surface area contributed by atoms with Gasteiger partial charge in [0.15, 0.2) is 0 Å². The third-order valence-electron chi connectivity index (χ3n) is 6.48. The first-order valence-electron chi connectivity index (χ1n) is 11.3. The van der Waals surface area contributed by atoms with Crippen LogP contribution in [-0.4, -0.2) is 52.7 Å². The van der Waals surface area contributed by atoms with Crippen LogP contribution in [0.5, 0.6) is 5.88 Å². The lowest BCUT2D eigenvalue weighted by molar-refractivity contribution is -0.138. The number of aliphatic carboxylic acids is 1. The maximum absolute atomic E-state index is 11.5. The average molecular weight is 425 g/mol. The molecule has 4 heterocycles. The van der Waals surface area contributed by atoms with Crippen LogP contribution in [0.4, 0.5) is 5.82 Å². The topological polar surface area (TPSA) is 87.6 Å². The smallest absolute Gasteiger partial charge is 0.305 e. The van der Waals surface area contributed by atoms with E-state index < -0.39 is 5.97 Å². The normalized spacial score (nSPS) is 19.5. The lowest BCUT2D eigenvalue weighted by Crippen LogP contribution is -2.28. The predicted molar refractivity (Wildman–Crippen MR) is 119 cm³/mol. The summed E-state index contributed by atoms with van der Waals surface area (Å²) in [4.78, 5) is 22.9. The number of carbonyl (C=O) groups is 1. The molecule has 2 aliphatic rings. The van der Waals surface area contributed by atoms with Crippen LogP contribution >= 0.6 is 0 Å². The number of likely N-dealkylation sites (tertiary alicyclic amines) is 1. The second-order valence-electron chi connectivity index (χ2n) is 8.63. The molecule has 31 heavy (non-hydrogen) atoms. The highest BCUT2D eigenvalue weighted by Gasteiger charge is 2.30. The van der Waals surface area contributed by atoms with Gasteiger partial charge in [-0.3, -0.25) is 9.69 Å². The maximum Gasteiger partial charge on any atom is 0.305 e. The van der Waals surface area contributed by atoms with Gasteiger partial charge in [-0.25, -0.2) is 9.97 Å². The van der Waals surface area contributed by atoms with E-state index in [0.29, 0.717) is 11.8 Å². The van der Waals surface area contributed by atoms with E-state index in [4.69, 9.17) is 9.72 Å². The predicted octanol–water partition coefficient (Wildman–Crippen LogP) is 3.70. The van der Waals surface area contributed by atoms with E-state index in [1.807, 2.05) is 6.07 Å². The first-order chi connectivity index (χ1) is 15.1. The average Bonchev–Trinajstić information content (AvgIpc) is 3.26. The molecule has 0 amide bonds. The van der Waals surface area contributed by atoms with E-state index in [0.717, 1.165) is 68.8 Å². The number of hydrogen-bond acceptors (Lipinski definition) is 6. The largest absolute Gasteiger partial charge is 0.481 e. The summed E-state index contributed by atoms with van der Waals surface area (Å²) >= 11 is 0. The van der Waals surface area contributed by atoms with Crippen LogP contribution in [0, 0.1) is 5.92 Å². The molecule has 7 heteroatoms. The Bertz CT molecular complexity index is 887. The van der Waals surface area contributed by atoms with E-state index in [2.05, 4.69) is 27.3 Å². The van der Waals surface area contributed by atoms with Gasteiger partial charge in [0, 0.05) is 37.1 Å². The number of fused-ring (bicyclic) bond motifs is 1. The summed E-state index contributed by atoms with van der Waals surface area (Å²) in [6.45, 7) is 2.88. The van der Waals surface area contributed by atoms with Gasteiger partial charge in [0.05, 0.1) is 13.5 Å². The number of carboxylic acids is 1. The van der Waals surface area contributed by atoms with E-state index in [1.165, 1.54) is 12.0 Å². The quantitative estimate of drug-likeness (QED) is 0.634. The van der Waals surface area contributed by atoms with Gasteiger partial charge in [0.25, 0.3) is 0 Å². The van der Waals surface area contributed by atoms with Crippen molar-refractivity contribution in [2.24, 2.45) is 5.92 Å². The summed E-state index contributed by atoms with van der Waals surface area (Å²) in [5.74, 6) is 1.43. The Morgan fingerprint density at radius 2 is 2.26 bits per heavy atom. The zero-order chi connectivity index (χ0) is 21.6. The van der Waals surface area contributed by atoms with Crippen LogP contribution in [0.3, 0.4) is 0 Å². The Morgan fingerprint density at radius 1 is 1.35 bits per heavy atom. The molecule has 0 aliphatic carbocycles. The van der Waals surface area contributed by atoms with Crippen molar-refractivity contribution in [3.8, 4) is 5.88 Å². The molecule has 2 aromatic heterocycles. The molecule has 0 saturated carbocycles. The molecule has 2 aliphatic heterocycles. The van der Waals surface area contributed by atoms with Crippen LogP contribution in [0.2, 0.25) is 0 Å². The van der Waals surface area contributed by atoms with Crippen LogP contribution in [0.15, 0.2) is 30.5 Å². The van der Waals surface area contributed by atoms with Crippen LogP contribution in [0.25, 0.3) is 0 Å². The fourth-order valence-electron chi connectivity index (χ4n) is 4.79. The van der Waals surface area contributed by atoms with Gasteiger partial charge >= 0.3 is 5.97 Å². The number of hydrogen-bond donors (Lipinski definition) is 2. The van der Waals surface area contributed by atoms with E-state index in [9.17, 15) is 9.90 Å². The molecule has 0 bridgehead atoms. The second-order valence-corrected chi connectivity index (χ2v) is 8.63. The molecular formula is C24H32N4O3. The molecule has 0 radical (unpaired) electrons. The Kier molecular flexibility index (Phi) is 7.02. The molecule has 4 rings (SSSR count). The van der Waals surface area contributed by atoms with Crippen LogP contribution in [-0.2, 0) is 17.6 Å². The van der Waals surface area contributed by atoms with Crippen molar-refractivity contribution in [2.45, 2.75) is 51.0 Å². The molecular weight excluding hydrogens is 392 g/mol. The number of rotatable bonds is 9. The first kappa shape index (κ1) is 21.6. The van der Waals surface area contributed by atoms with Crippen molar-refractivity contribution in [3.05, 3.63) is 47.3 Å². The molecule has 2 aromatic rings. The van der Waals surface area contributed by atoms with Crippen molar-refractivity contribution in [2.75, 3.05) is 32.1 Å². The van der Waals surface area contributed by atoms with Crippen LogP contribution in [0.1, 0.15) is 55.0 Å². The highest BCUT2D eigenvalue weighted by molar-refractivity contribution is 5.68. The van der Waals surface area contributed by atoms with Gasteiger partial charge in [0.2, 0.25) is 5.88 Å². The monoisotopic (exact) mass is 424 g/mol. The lowest BCUT2D eigenvalue weighted by atomic mass is 9.99. The second kappa shape index (κ2) is 10.1. The van der Waals surface area contributed by atoms with Gasteiger partial charge in [-0.1, -0.05) is 12.1 Å². The highest BCUT2D eigenvalue weighted by atomic mass is 16.5. The van der Waals surface area contributed by atoms with Gasteiger partial charge in [0.1, 0.15) is 5.82 Å². The number of aryl methyl sites for hydroxylation is 2. The summed E-state index contributed by atoms with van der Waals surface area (Å²) in [6, 6.07) is 7.99. The molecule has 1 saturated heterocycles. The summed E-state index contributed by atoms with van der Waals surface area (Å²) in [5.41, 5.74) is 3.43. The maximum atomic E-state index is 11.5. The number of ether oxygens (including phenoxy) is 1. The zero-order valence-electron chi connectivity index (χ0n) is 18.2. The van der Waals surface area contributed by atoms with E-state index in [1.54, 1.807) is 19.4 Å². The third-order valence-corrected chi connectivity index (χ3v) is 6.48. The molecule has 1 fully saturated rings. The zero-order valence-corrected chi connectivity index (χ0v) is 18.2. The van der Waals surface area contributed by atoms with Crippen molar-refractivity contribution in [3.63, 3.8) is 0 Å². The Balaban J connectivity index is 1.31. The Hall–Kier alpha value is -2.67. The lowest BCUT2D eigenvalue weighted by Gasteiger charge is -2.27. The fourth-order valence-corrected chi connectivity index (χ4v) is 4.79. The molecule has 2 N–H and O–H groups in total. The first-order valence-corrected chi connectivity index (χ1v) is 11.3. The molecule has 0 aromatic carbocycles. The number of methoxy groups -OCH3 is 1. The van der Waals surface area contributed by atoms with E-state index >= 15 is 0 Å². The number of anilines is 1. The molecule has 2 atom stereocenters. The number of pyridine rings is 2. The minimum atomic E-state index is -0.781. The van der Waals surface area contributed by atoms with Gasteiger partial charge in [-0.2, -0.15) is 0 Å². The minimum Gasteiger partial charge on any atom is -0.481 e. The van der Waals surface area contributed by atoms with Crippen molar-refractivity contribution in [1.29, 1.82) is 0 Å². The molecule has 0 spiro atoms. The van der Waals surface area contributed by atoms with Gasteiger partial charge < -0.3 is 15.2 Å². The third kappa shape index (κ3) is 5.53. The fraction of sp³-hybridized carbons (Fsp3) is 0.542. The Labute approximate surface area is 183 Å². The van der Waals surface area contributed by atoms with Crippen molar-refractivity contribution >= 4 is 11.8 Å². The van der Waals surface area contributed by atoms with Gasteiger partial charge in [-0.15, -0.1) is 0 Å². The minimum absolute atomic E-state index is 0.0901. The molecule has 7 nitrogen and oxygen atoms in total. The highest BCUT2D eigenvalue weighted by Crippen LogP contribution is 2.32. The number of aromatic nitrogens is 2. The number of nitrogens with zero attached hydrogens (tertiary/aromatic N) is 3. The Morgan fingerprint density at radius 3 is 3.03 bits per heavy atom. The number of carboxylic acid groups (broad SMARTS) is 1. The summed E-state index contributed by atoms with van der Waals surface area (Å²) < 4.78 is 5.13. The molecule has 2 unspecified atom stereocenters. The van der Waals surface area contributed by atoms with E-state index in [-0.39, 0.29) is 12.5 Å². The number of nitrogens with one attached hydrogen (secondary N) is 1. The van der Waals surface area contributed by atoms with Crippen molar-refractivity contribution in [1.82, 2.24) is 14.9 Å². The van der Waals surface area contributed by atoms with Crippen LogP contribution < -0.4 is 10.1 Å². The standard InChI is InChI=1S/C24H32N4O3/c1-31-22-10-8-19(15-26-22)21(14-23(29)30)28-13-11-17(16-28)4-2-6-20-9-7-18-5-3-12-25-24(18)27-20/h7-10,15,17,21H,2-6,11-14,16H2,1H3,(H,25,27)(H,29,30). The summed E-state index contributed by atoms with van der Waals surface area (Å²) in [5, 5.41) is 12.9. The van der Waals surface area contributed by atoms with Gasteiger partial charge in [-0.05, 0) is 68.2 Å². The molecule has 166 valence electrons.